The van der Waals surface area contributed by atoms with E-state index in [9.17, 15) is 8.78 Å². The van der Waals surface area contributed by atoms with Crippen LogP contribution >= 0.6 is 0 Å². The van der Waals surface area contributed by atoms with E-state index >= 15 is 0 Å². The summed E-state index contributed by atoms with van der Waals surface area (Å²) in [5.74, 6) is -1.01. The van der Waals surface area contributed by atoms with Crippen molar-refractivity contribution >= 4 is 0 Å². The number of hydrogen-bond donors (Lipinski definition) is 0. The van der Waals surface area contributed by atoms with E-state index in [1.54, 1.807) is 12.1 Å². The van der Waals surface area contributed by atoms with E-state index < -0.39 is 11.6 Å². The fourth-order valence-corrected chi connectivity index (χ4v) is 1.25. The number of rotatable bonds is 2. The highest BCUT2D eigenvalue weighted by Gasteiger charge is 2.06. The zero-order valence-corrected chi connectivity index (χ0v) is 7.77. The van der Waals surface area contributed by atoms with E-state index in [0.29, 0.717) is 0 Å². The molecule has 2 aromatic carbocycles. The number of benzene rings is 2. The zero-order chi connectivity index (χ0) is 10.7. The topological polar surface area (TPSA) is 0 Å². The maximum Gasteiger partial charge on any atom is 0.135 e. The molecule has 0 aliphatic rings. The van der Waals surface area contributed by atoms with Gasteiger partial charge in [-0.05, 0) is 12.1 Å². The maximum atomic E-state index is 13.2. The molecule has 0 N–H and O–H groups in total. The van der Waals surface area contributed by atoms with Crippen molar-refractivity contribution < 1.29 is 8.78 Å². The van der Waals surface area contributed by atoms with Gasteiger partial charge >= 0.3 is 0 Å². The van der Waals surface area contributed by atoms with Gasteiger partial charge in [0, 0.05) is 29.7 Å². The Bertz CT molecular complexity index is 420. The molecule has 0 bridgehead atoms. The van der Waals surface area contributed by atoms with Crippen LogP contribution in [-0.4, -0.2) is 0 Å². The van der Waals surface area contributed by atoms with Crippen LogP contribution in [0, 0.1) is 35.9 Å². The average Bonchev–Trinajstić information content (AvgIpc) is 2.24. The monoisotopic (exact) mass is 200 g/mol. The van der Waals surface area contributed by atoms with Crippen LogP contribution in [0.3, 0.4) is 0 Å². The normalized spacial score (nSPS) is 10.3. The van der Waals surface area contributed by atoms with Gasteiger partial charge in [0.25, 0.3) is 0 Å². The smallest absolute Gasteiger partial charge is 0.135 e. The summed E-state index contributed by atoms with van der Waals surface area (Å²) in [5, 5.41) is 0. The highest BCUT2D eigenvalue weighted by Crippen LogP contribution is 2.13. The minimum atomic E-state index is -0.505. The summed E-state index contributed by atoms with van der Waals surface area (Å²) in [6.07, 6.45) is 0.117. The van der Waals surface area contributed by atoms with Crippen LogP contribution in [0.5, 0.6) is 0 Å². The van der Waals surface area contributed by atoms with Crippen molar-refractivity contribution in [3.8, 4) is 0 Å². The van der Waals surface area contributed by atoms with E-state index in [1.807, 2.05) is 0 Å². The molecule has 2 rings (SSSR count). The number of halogens is 2. The average molecular weight is 200 g/mol. The van der Waals surface area contributed by atoms with Gasteiger partial charge in [0.2, 0.25) is 0 Å². The first kappa shape index (κ1) is 9.84. The highest BCUT2D eigenvalue weighted by atomic mass is 19.1. The van der Waals surface area contributed by atoms with Crippen LogP contribution in [0.4, 0.5) is 8.78 Å². The Balaban J connectivity index is 2.30. The van der Waals surface area contributed by atoms with Crippen LogP contribution in [-0.2, 0) is 6.42 Å². The first-order valence-corrected chi connectivity index (χ1v) is 4.41. The third-order valence-corrected chi connectivity index (χ3v) is 1.99. The fraction of sp³-hybridized carbons (Fsp3) is 0.0769. The van der Waals surface area contributed by atoms with Crippen molar-refractivity contribution in [1.29, 1.82) is 0 Å². The lowest BCUT2D eigenvalue weighted by atomic mass is 10.0. The van der Waals surface area contributed by atoms with Crippen molar-refractivity contribution in [2.24, 2.45) is 0 Å². The third-order valence-electron chi connectivity index (χ3n) is 1.99. The van der Waals surface area contributed by atoms with Crippen LogP contribution < -0.4 is 0 Å². The van der Waals surface area contributed by atoms with Crippen LogP contribution in [0.2, 0.25) is 0 Å². The fourth-order valence-electron chi connectivity index (χ4n) is 1.25. The van der Waals surface area contributed by atoms with Crippen molar-refractivity contribution in [1.82, 2.24) is 0 Å². The predicted molar refractivity (Wildman–Crippen MR) is 51.0 cm³/mol. The van der Waals surface area contributed by atoms with Gasteiger partial charge in [0.1, 0.15) is 11.6 Å². The molecular formula is C13H6F2. The van der Waals surface area contributed by atoms with Gasteiger partial charge in [0.05, 0.1) is 0 Å². The quantitative estimate of drug-likeness (QED) is 0.699. The molecule has 0 saturated heterocycles. The Morgan fingerprint density at radius 3 is 1.53 bits per heavy atom. The minimum absolute atomic E-state index is 0.117. The highest BCUT2D eigenvalue weighted by molar-refractivity contribution is 5.25. The van der Waals surface area contributed by atoms with Gasteiger partial charge in [-0.2, -0.15) is 0 Å². The Hall–Kier alpha value is -1.70. The Labute approximate surface area is 87.2 Å². The lowest BCUT2D eigenvalue weighted by molar-refractivity contribution is 0.596. The molecule has 0 fully saturated rings. The molecule has 0 aromatic heterocycles. The van der Waals surface area contributed by atoms with Gasteiger partial charge in [-0.15, -0.1) is 0 Å². The van der Waals surface area contributed by atoms with Crippen LogP contribution in [0.25, 0.3) is 0 Å². The lowest BCUT2D eigenvalue weighted by Crippen LogP contribution is -1.96. The lowest BCUT2D eigenvalue weighted by Gasteiger charge is -2.02. The largest absolute Gasteiger partial charge is 0.206 e. The number of hydrogen-bond acceptors (Lipinski definition) is 0. The van der Waals surface area contributed by atoms with Gasteiger partial charge in [-0.25, -0.2) is 8.78 Å². The summed E-state index contributed by atoms with van der Waals surface area (Å²) in [6, 6.07) is 16.1. The van der Waals surface area contributed by atoms with Crippen LogP contribution in [0.1, 0.15) is 11.1 Å². The molecule has 0 aliphatic heterocycles. The van der Waals surface area contributed by atoms with E-state index in [0.717, 1.165) is 0 Å². The SMILES string of the molecule is Fc1[c]cc[c]c1Cc1[c]cc[c]c1F. The second kappa shape index (κ2) is 4.22. The van der Waals surface area contributed by atoms with E-state index in [2.05, 4.69) is 24.3 Å². The molecule has 15 heavy (non-hydrogen) atoms. The third kappa shape index (κ3) is 2.21. The first-order chi connectivity index (χ1) is 7.27. The molecule has 4 radical (unpaired) electrons. The van der Waals surface area contributed by atoms with Gasteiger partial charge in [0.15, 0.2) is 0 Å². The van der Waals surface area contributed by atoms with Crippen molar-refractivity contribution in [2.45, 2.75) is 6.42 Å². The molecule has 0 amide bonds. The molecule has 0 saturated carbocycles. The molecule has 2 heteroatoms. The minimum Gasteiger partial charge on any atom is -0.206 e. The molecule has 72 valence electrons. The van der Waals surface area contributed by atoms with Gasteiger partial charge < -0.3 is 0 Å². The Morgan fingerprint density at radius 1 is 0.733 bits per heavy atom. The van der Waals surface area contributed by atoms with Gasteiger partial charge in [-0.3, -0.25) is 0 Å². The van der Waals surface area contributed by atoms with Crippen molar-refractivity contribution in [2.75, 3.05) is 0 Å². The zero-order valence-electron chi connectivity index (χ0n) is 7.77. The molecule has 0 unspecified atom stereocenters. The summed E-state index contributed by atoms with van der Waals surface area (Å²) < 4.78 is 26.3. The molecule has 0 atom stereocenters. The Kier molecular flexibility index (Phi) is 2.77. The van der Waals surface area contributed by atoms with Crippen LogP contribution in [0.15, 0.2) is 24.3 Å². The summed E-state index contributed by atoms with van der Waals surface area (Å²) in [6.45, 7) is 0. The molecular weight excluding hydrogens is 194 g/mol. The van der Waals surface area contributed by atoms with E-state index in [-0.39, 0.29) is 17.5 Å². The summed E-state index contributed by atoms with van der Waals surface area (Å²) in [7, 11) is 0. The van der Waals surface area contributed by atoms with E-state index in [1.165, 1.54) is 12.1 Å². The maximum absolute atomic E-state index is 13.2. The predicted octanol–water partition coefficient (Wildman–Crippen LogP) is 2.76. The van der Waals surface area contributed by atoms with Crippen molar-refractivity contribution in [3.05, 3.63) is 71.3 Å². The second-order valence-corrected chi connectivity index (χ2v) is 3.01. The standard InChI is InChI=1S/C13H6F2/c14-12-7-3-1-5-10(12)9-11-6-2-4-8-13(11)15/h1-4H,9H2. The summed E-state index contributed by atoms with van der Waals surface area (Å²) in [5.41, 5.74) is 0.569. The molecule has 2 aromatic rings. The second-order valence-electron chi connectivity index (χ2n) is 3.01. The molecule has 0 spiro atoms. The summed E-state index contributed by atoms with van der Waals surface area (Å²) >= 11 is 0. The molecule has 0 nitrogen and oxygen atoms in total. The summed E-state index contributed by atoms with van der Waals surface area (Å²) in [4.78, 5) is 0. The van der Waals surface area contributed by atoms with Crippen molar-refractivity contribution in [3.63, 3.8) is 0 Å². The first-order valence-electron chi connectivity index (χ1n) is 4.41. The Morgan fingerprint density at radius 2 is 1.13 bits per heavy atom. The van der Waals surface area contributed by atoms with Gasteiger partial charge in [-0.1, -0.05) is 24.3 Å². The van der Waals surface area contributed by atoms with E-state index in [4.69, 9.17) is 0 Å². The molecule has 0 aliphatic carbocycles. The molecule has 0 heterocycles.